The first-order valence-corrected chi connectivity index (χ1v) is 8.53. The molecule has 1 saturated heterocycles. The van der Waals surface area contributed by atoms with Crippen molar-refractivity contribution in [3.63, 3.8) is 0 Å². The first-order chi connectivity index (χ1) is 10.2. The molecular weight excluding hydrogens is 320 g/mol. The van der Waals surface area contributed by atoms with Gasteiger partial charge in [-0.3, -0.25) is 4.79 Å². The Bertz CT molecular complexity index is 467. The second-order valence-electron chi connectivity index (χ2n) is 5.45. The highest BCUT2D eigenvalue weighted by Crippen LogP contribution is 2.26. The molecule has 2 rings (SSSR count). The summed E-state index contributed by atoms with van der Waals surface area (Å²) in [6, 6.07) is 8.06. The number of anilines is 1. The number of hydrogen-bond acceptors (Lipinski definition) is 4. The molecule has 1 amide bonds. The van der Waals surface area contributed by atoms with Crippen molar-refractivity contribution < 1.29 is 9.53 Å². The van der Waals surface area contributed by atoms with Crippen LogP contribution in [0.15, 0.2) is 24.3 Å². The van der Waals surface area contributed by atoms with Crippen LogP contribution in [0.5, 0.6) is 0 Å². The lowest BCUT2D eigenvalue weighted by Crippen LogP contribution is -2.26. The average Bonchev–Trinajstić information content (AvgIpc) is 2.53. The Labute approximate surface area is 143 Å². The maximum absolute atomic E-state index is 11.8. The first-order valence-electron chi connectivity index (χ1n) is 7.48. The van der Waals surface area contributed by atoms with Crippen LogP contribution in [0.4, 0.5) is 5.69 Å². The number of nitrogens with two attached hydrogens (primary N) is 1. The van der Waals surface area contributed by atoms with Crippen LogP contribution in [0.3, 0.4) is 0 Å². The number of amides is 1. The molecule has 1 aromatic carbocycles. The SMILES string of the molecule is CC(CN)C(=O)Nc1cccc(CSC2CCOCC2)c1.Cl. The van der Waals surface area contributed by atoms with Crippen molar-refractivity contribution in [2.75, 3.05) is 25.1 Å². The van der Waals surface area contributed by atoms with Crippen molar-refractivity contribution in [2.24, 2.45) is 11.7 Å². The van der Waals surface area contributed by atoms with Crippen molar-refractivity contribution in [2.45, 2.75) is 30.8 Å². The van der Waals surface area contributed by atoms with Crippen LogP contribution in [0, 0.1) is 5.92 Å². The molecule has 4 nitrogen and oxygen atoms in total. The van der Waals surface area contributed by atoms with E-state index in [-0.39, 0.29) is 24.2 Å². The summed E-state index contributed by atoms with van der Waals surface area (Å²) in [5.74, 6) is 0.790. The molecule has 0 spiro atoms. The molecule has 1 unspecified atom stereocenters. The molecule has 124 valence electrons. The van der Waals surface area contributed by atoms with Gasteiger partial charge in [-0.05, 0) is 30.5 Å². The highest BCUT2D eigenvalue weighted by molar-refractivity contribution is 7.99. The molecule has 1 aliphatic rings. The van der Waals surface area contributed by atoms with Gasteiger partial charge in [-0.15, -0.1) is 12.4 Å². The normalized spacial score (nSPS) is 16.6. The number of carbonyl (C=O) groups is 1. The number of thioether (sulfide) groups is 1. The van der Waals surface area contributed by atoms with E-state index in [1.165, 1.54) is 5.56 Å². The molecule has 0 bridgehead atoms. The molecule has 0 radical (unpaired) electrons. The third kappa shape index (κ3) is 6.16. The fourth-order valence-electron chi connectivity index (χ4n) is 2.17. The third-order valence-electron chi connectivity index (χ3n) is 3.65. The van der Waals surface area contributed by atoms with Gasteiger partial charge in [-0.1, -0.05) is 19.1 Å². The number of nitrogens with one attached hydrogen (secondary N) is 1. The standard InChI is InChI=1S/C16H24N2O2S.ClH/c1-12(10-17)16(19)18-14-4-2-3-13(9-14)11-21-15-5-7-20-8-6-15;/h2-4,9,12,15H,5-8,10-11,17H2,1H3,(H,18,19);1H. The van der Waals surface area contributed by atoms with Crippen molar-refractivity contribution in [3.05, 3.63) is 29.8 Å². The number of rotatable bonds is 6. The summed E-state index contributed by atoms with van der Waals surface area (Å²) >= 11 is 1.98. The Balaban J connectivity index is 0.00000242. The van der Waals surface area contributed by atoms with Gasteiger partial charge in [-0.25, -0.2) is 0 Å². The summed E-state index contributed by atoms with van der Waals surface area (Å²) < 4.78 is 5.38. The minimum absolute atomic E-state index is 0. The molecule has 1 aromatic rings. The summed E-state index contributed by atoms with van der Waals surface area (Å²) in [7, 11) is 0. The fraction of sp³-hybridized carbons (Fsp3) is 0.562. The summed E-state index contributed by atoms with van der Waals surface area (Å²) in [6.45, 7) is 3.96. The Morgan fingerprint density at radius 2 is 2.18 bits per heavy atom. The largest absolute Gasteiger partial charge is 0.381 e. The van der Waals surface area contributed by atoms with E-state index in [1.807, 2.05) is 36.9 Å². The molecule has 6 heteroatoms. The van der Waals surface area contributed by atoms with Crippen LogP contribution >= 0.6 is 24.2 Å². The van der Waals surface area contributed by atoms with E-state index in [0.29, 0.717) is 11.8 Å². The molecule has 1 fully saturated rings. The second-order valence-corrected chi connectivity index (χ2v) is 6.74. The summed E-state index contributed by atoms with van der Waals surface area (Å²) in [4.78, 5) is 11.8. The predicted molar refractivity (Wildman–Crippen MR) is 95.7 cm³/mol. The van der Waals surface area contributed by atoms with Gasteiger partial charge in [0.2, 0.25) is 5.91 Å². The monoisotopic (exact) mass is 344 g/mol. The third-order valence-corrected chi connectivity index (χ3v) is 5.09. The molecule has 1 aliphatic heterocycles. The summed E-state index contributed by atoms with van der Waals surface area (Å²) in [5, 5.41) is 3.61. The Morgan fingerprint density at radius 3 is 2.86 bits per heavy atom. The predicted octanol–water partition coefficient (Wildman–Crippen LogP) is 3.05. The quantitative estimate of drug-likeness (QED) is 0.832. The lowest BCUT2D eigenvalue weighted by atomic mass is 10.1. The molecule has 0 aromatic heterocycles. The number of benzene rings is 1. The van der Waals surface area contributed by atoms with E-state index in [0.717, 1.165) is 37.5 Å². The van der Waals surface area contributed by atoms with Crippen LogP contribution in [-0.2, 0) is 15.3 Å². The maximum Gasteiger partial charge on any atom is 0.228 e. The highest BCUT2D eigenvalue weighted by atomic mass is 35.5. The lowest BCUT2D eigenvalue weighted by Gasteiger charge is -2.21. The molecule has 1 atom stereocenters. The van der Waals surface area contributed by atoms with Gasteiger partial charge in [0.15, 0.2) is 0 Å². The first kappa shape index (κ1) is 19.3. The summed E-state index contributed by atoms with van der Waals surface area (Å²) in [6.07, 6.45) is 2.27. The van der Waals surface area contributed by atoms with Gasteiger partial charge >= 0.3 is 0 Å². The zero-order chi connectivity index (χ0) is 15.1. The van der Waals surface area contributed by atoms with E-state index in [2.05, 4.69) is 11.4 Å². The molecule has 0 aliphatic carbocycles. The number of ether oxygens (including phenoxy) is 1. The molecule has 1 heterocycles. The maximum atomic E-state index is 11.8. The zero-order valence-corrected chi connectivity index (χ0v) is 14.6. The van der Waals surface area contributed by atoms with Gasteiger partial charge in [0.05, 0.1) is 0 Å². The average molecular weight is 345 g/mol. The number of carbonyl (C=O) groups excluding carboxylic acids is 1. The van der Waals surface area contributed by atoms with Crippen molar-refractivity contribution in [1.82, 2.24) is 0 Å². The second kappa shape index (κ2) is 10.1. The van der Waals surface area contributed by atoms with Crippen molar-refractivity contribution >= 4 is 35.8 Å². The van der Waals surface area contributed by atoms with E-state index < -0.39 is 0 Å². The Morgan fingerprint density at radius 1 is 1.45 bits per heavy atom. The molecule has 22 heavy (non-hydrogen) atoms. The highest BCUT2D eigenvalue weighted by Gasteiger charge is 2.14. The number of halogens is 1. The van der Waals surface area contributed by atoms with Gasteiger partial charge in [-0.2, -0.15) is 11.8 Å². The fourth-order valence-corrected chi connectivity index (χ4v) is 3.30. The smallest absolute Gasteiger partial charge is 0.228 e. The molecule has 3 N–H and O–H groups in total. The van der Waals surface area contributed by atoms with Crippen molar-refractivity contribution in [3.8, 4) is 0 Å². The molecule has 0 saturated carbocycles. The van der Waals surface area contributed by atoms with Gasteiger partial charge in [0, 0.05) is 42.4 Å². The van der Waals surface area contributed by atoms with Gasteiger partial charge < -0.3 is 15.8 Å². The van der Waals surface area contributed by atoms with Crippen molar-refractivity contribution in [1.29, 1.82) is 0 Å². The van der Waals surface area contributed by atoms with Crippen LogP contribution in [-0.4, -0.2) is 30.9 Å². The van der Waals surface area contributed by atoms with Gasteiger partial charge in [0.25, 0.3) is 0 Å². The topological polar surface area (TPSA) is 64.4 Å². The summed E-state index contributed by atoms with van der Waals surface area (Å²) in [5.41, 5.74) is 7.61. The van der Waals surface area contributed by atoms with Crippen LogP contribution < -0.4 is 11.1 Å². The lowest BCUT2D eigenvalue weighted by molar-refractivity contribution is -0.119. The van der Waals surface area contributed by atoms with E-state index >= 15 is 0 Å². The minimum atomic E-state index is -0.162. The van der Waals surface area contributed by atoms with E-state index in [1.54, 1.807) is 0 Å². The Kier molecular flexibility index (Phi) is 8.86. The molecular formula is C16H25ClN2O2S. The van der Waals surface area contributed by atoms with E-state index in [9.17, 15) is 4.79 Å². The minimum Gasteiger partial charge on any atom is -0.381 e. The zero-order valence-electron chi connectivity index (χ0n) is 12.9. The van der Waals surface area contributed by atoms with E-state index in [4.69, 9.17) is 10.5 Å². The van der Waals surface area contributed by atoms with Crippen LogP contribution in [0.25, 0.3) is 0 Å². The van der Waals surface area contributed by atoms with Crippen LogP contribution in [0.2, 0.25) is 0 Å². The number of hydrogen-bond donors (Lipinski definition) is 2. The Hall–Kier alpha value is -0.750. The van der Waals surface area contributed by atoms with Crippen LogP contribution in [0.1, 0.15) is 25.3 Å². The van der Waals surface area contributed by atoms with Gasteiger partial charge in [0.1, 0.15) is 0 Å².